The highest BCUT2D eigenvalue weighted by Crippen LogP contribution is 2.23. The molecular formula is C8H14O4. The molecule has 0 radical (unpaired) electrons. The van der Waals surface area contributed by atoms with E-state index in [1.165, 1.54) is 0 Å². The summed E-state index contributed by atoms with van der Waals surface area (Å²) < 4.78 is 21.1. The van der Waals surface area contributed by atoms with Crippen molar-refractivity contribution in [2.75, 3.05) is 19.8 Å². The second kappa shape index (κ2) is 2.96. The molecule has 4 nitrogen and oxygen atoms in total. The third-order valence-electron chi connectivity index (χ3n) is 1.85. The third kappa shape index (κ3) is 2.17. The molecule has 0 aromatic carbocycles. The predicted octanol–water partition coefficient (Wildman–Crippen LogP) is 0.511. The van der Waals surface area contributed by atoms with Gasteiger partial charge in [0, 0.05) is 0 Å². The van der Waals surface area contributed by atoms with Gasteiger partial charge in [0.25, 0.3) is 0 Å². The Morgan fingerprint density at radius 1 is 1.42 bits per heavy atom. The lowest BCUT2D eigenvalue weighted by Crippen LogP contribution is -2.23. The van der Waals surface area contributed by atoms with Crippen LogP contribution in [0.4, 0.5) is 0 Å². The van der Waals surface area contributed by atoms with Crippen molar-refractivity contribution in [2.45, 2.75) is 32.0 Å². The minimum absolute atomic E-state index is 0.218. The largest absolute Gasteiger partial charge is 0.371 e. The molecule has 0 aromatic rings. The monoisotopic (exact) mass is 174 g/mol. The maximum absolute atomic E-state index is 5.43. The van der Waals surface area contributed by atoms with Crippen LogP contribution >= 0.6 is 0 Å². The van der Waals surface area contributed by atoms with E-state index in [4.69, 9.17) is 18.9 Å². The maximum Gasteiger partial charge on any atom is 0.184 e. The van der Waals surface area contributed by atoms with Crippen molar-refractivity contribution in [3.05, 3.63) is 0 Å². The molecule has 2 saturated heterocycles. The van der Waals surface area contributed by atoms with E-state index in [9.17, 15) is 0 Å². The second-order valence-corrected chi connectivity index (χ2v) is 3.55. The van der Waals surface area contributed by atoms with E-state index in [0.717, 1.165) is 6.61 Å². The Kier molecular flexibility index (Phi) is 2.08. The lowest BCUT2D eigenvalue weighted by molar-refractivity contribution is -0.191. The molecule has 0 spiro atoms. The van der Waals surface area contributed by atoms with Crippen LogP contribution in [0.2, 0.25) is 0 Å². The van der Waals surface area contributed by atoms with Crippen molar-refractivity contribution in [1.29, 1.82) is 0 Å². The topological polar surface area (TPSA) is 40.2 Å². The quantitative estimate of drug-likeness (QED) is 0.584. The average molecular weight is 174 g/mol. The van der Waals surface area contributed by atoms with Crippen molar-refractivity contribution in [3.63, 3.8) is 0 Å². The molecule has 2 rings (SSSR count). The molecule has 2 aliphatic rings. The summed E-state index contributed by atoms with van der Waals surface area (Å²) in [5.74, 6) is -0.491. The van der Waals surface area contributed by atoms with Crippen LogP contribution in [0.5, 0.6) is 0 Å². The van der Waals surface area contributed by atoms with Gasteiger partial charge in [0.15, 0.2) is 12.1 Å². The van der Waals surface area contributed by atoms with Gasteiger partial charge in [-0.05, 0) is 13.8 Å². The van der Waals surface area contributed by atoms with Gasteiger partial charge in [0.1, 0.15) is 12.7 Å². The molecule has 12 heavy (non-hydrogen) atoms. The van der Waals surface area contributed by atoms with E-state index in [1.807, 2.05) is 13.8 Å². The van der Waals surface area contributed by atoms with Gasteiger partial charge in [-0.2, -0.15) is 0 Å². The smallest absolute Gasteiger partial charge is 0.184 e. The fraction of sp³-hybridized carbons (Fsp3) is 1.00. The first-order chi connectivity index (χ1) is 5.66. The van der Waals surface area contributed by atoms with E-state index in [0.29, 0.717) is 13.2 Å². The van der Waals surface area contributed by atoms with Crippen molar-refractivity contribution >= 4 is 0 Å². The van der Waals surface area contributed by atoms with E-state index in [1.54, 1.807) is 0 Å². The Morgan fingerprint density at radius 3 is 2.67 bits per heavy atom. The van der Waals surface area contributed by atoms with Gasteiger partial charge in [0.2, 0.25) is 0 Å². The zero-order valence-corrected chi connectivity index (χ0v) is 7.41. The fourth-order valence-electron chi connectivity index (χ4n) is 1.11. The first-order valence-corrected chi connectivity index (χ1v) is 4.21. The van der Waals surface area contributed by atoms with Crippen LogP contribution in [0.15, 0.2) is 0 Å². The number of hydrogen-bond donors (Lipinski definition) is 0. The summed E-state index contributed by atoms with van der Waals surface area (Å²) in [5, 5.41) is 0. The normalized spacial score (nSPS) is 38.5. The van der Waals surface area contributed by atoms with Crippen molar-refractivity contribution in [3.8, 4) is 0 Å². The first kappa shape index (κ1) is 8.44. The van der Waals surface area contributed by atoms with Gasteiger partial charge in [-0.1, -0.05) is 0 Å². The van der Waals surface area contributed by atoms with Gasteiger partial charge in [-0.3, -0.25) is 0 Å². The standard InChI is InChI=1S/C8H14O4/c1-8(2)11-5-7(12-8)10-4-6-3-9-6/h6-7H,3-5H2,1-2H3. The molecule has 4 heteroatoms. The van der Waals surface area contributed by atoms with Crippen LogP contribution in [0.1, 0.15) is 13.8 Å². The van der Waals surface area contributed by atoms with E-state index < -0.39 is 5.79 Å². The predicted molar refractivity (Wildman–Crippen MR) is 40.6 cm³/mol. The van der Waals surface area contributed by atoms with Crippen LogP contribution in [-0.2, 0) is 18.9 Å². The Bertz CT molecular complexity index is 164. The van der Waals surface area contributed by atoms with E-state index in [-0.39, 0.29) is 12.4 Å². The van der Waals surface area contributed by atoms with E-state index in [2.05, 4.69) is 0 Å². The SMILES string of the molecule is CC1(C)OCC(OCC2CO2)O1. The van der Waals surface area contributed by atoms with E-state index >= 15 is 0 Å². The summed E-state index contributed by atoms with van der Waals surface area (Å²) in [6.07, 6.45) is 0.0708. The number of epoxide rings is 1. The average Bonchev–Trinajstić information content (AvgIpc) is 2.74. The summed E-state index contributed by atoms with van der Waals surface area (Å²) in [7, 11) is 0. The Hall–Kier alpha value is -0.160. The zero-order valence-electron chi connectivity index (χ0n) is 7.41. The minimum atomic E-state index is -0.491. The molecule has 0 aromatic heterocycles. The van der Waals surface area contributed by atoms with Crippen LogP contribution in [0.25, 0.3) is 0 Å². The molecule has 0 amide bonds. The molecule has 2 unspecified atom stereocenters. The lowest BCUT2D eigenvalue weighted by atomic mass is 10.4. The highest BCUT2D eigenvalue weighted by molar-refractivity contribution is 4.70. The van der Waals surface area contributed by atoms with Crippen LogP contribution in [0.3, 0.4) is 0 Å². The van der Waals surface area contributed by atoms with Gasteiger partial charge < -0.3 is 18.9 Å². The molecule has 70 valence electrons. The highest BCUT2D eigenvalue weighted by Gasteiger charge is 2.34. The Balaban J connectivity index is 1.68. The Labute approximate surface area is 71.7 Å². The molecule has 2 heterocycles. The molecule has 2 fully saturated rings. The summed E-state index contributed by atoms with van der Waals surface area (Å²) >= 11 is 0. The molecule has 2 aliphatic heterocycles. The maximum atomic E-state index is 5.43. The summed E-state index contributed by atoms with van der Waals surface area (Å²) in [6.45, 7) is 5.70. The first-order valence-electron chi connectivity index (χ1n) is 4.21. The van der Waals surface area contributed by atoms with Gasteiger partial charge in [-0.25, -0.2) is 0 Å². The number of ether oxygens (including phenoxy) is 4. The molecule has 0 aliphatic carbocycles. The van der Waals surface area contributed by atoms with Crippen molar-refractivity contribution in [1.82, 2.24) is 0 Å². The number of hydrogen-bond acceptors (Lipinski definition) is 4. The molecule has 2 atom stereocenters. The summed E-state index contributed by atoms with van der Waals surface area (Å²) in [5.41, 5.74) is 0. The molecule has 0 saturated carbocycles. The lowest BCUT2D eigenvalue weighted by Gasteiger charge is -2.16. The third-order valence-corrected chi connectivity index (χ3v) is 1.85. The second-order valence-electron chi connectivity index (χ2n) is 3.55. The molecule has 0 bridgehead atoms. The van der Waals surface area contributed by atoms with Crippen LogP contribution in [-0.4, -0.2) is 38.0 Å². The summed E-state index contributed by atoms with van der Waals surface area (Å²) in [6, 6.07) is 0. The van der Waals surface area contributed by atoms with Crippen molar-refractivity contribution in [2.24, 2.45) is 0 Å². The highest BCUT2D eigenvalue weighted by atomic mass is 16.8. The fourth-order valence-corrected chi connectivity index (χ4v) is 1.11. The van der Waals surface area contributed by atoms with Gasteiger partial charge in [-0.15, -0.1) is 0 Å². The molecular weight excluding hydrogens is 160 g/mol. The zero-order chi connectivity index (χ0) is 8.60. The summed E-state index contributed by atoms with van der Waals surface area (Å²) in [4.78, 5) is 0. The van der Waals surface area contributed by atoms with Crippen LogP contribution < -0.4 is 0 Å². The molecule has 0 N–H and O–H groups in total. The van der Waals surface area contributed by atoms with Crippen molar-refractivity contribution < 1.29 is 18.9 Å². The van der Waals surface area contributed by atoms with Gasteiger partial charge >= 0.3 is 0 Å². The number of rotatable bonds is 3. The minimum Gasteiger partial charge on any atom is -0.371 e. The van der Waals surface area contributed by atoms with Gasteiger partial charge in [0.05, 0.1) is 13.2 Å². The van der Waals surface area contributed by atoms with Crippen LogP contribution in [0, 0.1) is 0 Å². The Morgan fingerprint density at radius 2 is 2.17 bits per heavy atom.